The van der Waals surface area contributed by atoms with E-state index in [1.54, 1.807) is 0 Å². The highest BCUT2D eigenvalue weighted by Crippen LogP contribution is 2.57. The maximum Gasteiger partial charge on any atom is 0.223 e. The molecule has 2 aliphatic carbocycles. The summed E-state index contributed by atoms with van der Waals surface area (Å²) in [4.78, 5) is 11.2. The Labute approximate surface area is 67.1 Å². The van der Waals surface area contributed by atoms with Crippen molar-refractivity contribution in [1.29, 1.82) is 0 Å². The molecule has 0 saturated heterocycles. The maximum atomic E-state index is 11.2. The van der Waals surface area contributed by atoms with Crippen molar-refractivity contribution in [3.05, 3.63) is 0 Å². The standard InChI is InChI=1S/C9H15NO/c1-9(8(10)11)6-2-3-7(9)5-4-6/h6-7H,2-5H2,1H3,(H2,10,11). The van der Waals surface area contributed by atoms with E-state index in [2.05, 4.69) is 6.92 Å². The molecule has 0 spiro atoms. The summed E-state index contributed by atoms with van der Waals surface area (Å²) in [5.74, 6) is 1.14. The second-order valence-corrected chi connectivity index (χ2v) is 4.20. The van der Waals surface area contributed by atoms with Gasteiger partial charge in [-0.05, 0) is 37.5 Å². The Morgan fingerprint density at radius 3 is 1.82 bits per heavy atom. The SMILES string of the molecule is CC1(C(N)=O)C2CCC1CC2. The van der Waals surface area contributed by atoms with Crippen molar-refractivity contribution in [1.82, 2.24) is 0 Å². The van der Waals surface area contributed by atoms with E-state index in [4.69, 9.17) is 5.73 Å². The van der Waals surface area contributed by atoms with Gasteiger partial charge in [-0.25, -0.2) is 0 Å². The molecule has 0 unspecified atom stereocenters. The Morgan fingerprint density at radius 2 is 1.64 bits per heavy atom. The molecule has 11 heavy (non-hydrogen) atoms. The molecule has 0 heterocycles. The third-order valence-electron chi connectivity index (χ3n) is 3.95. The van der Waals surface area contributed by atoms with Crippen LogP contribution in [0.25, 0.3) is 0 Å². The van der Waals surface area contributed by atoms with Crippen LogP contribution in [0.4, 0.5) is 0 Å². The Balaban J connectivity index is 2.32. The fourth-order valence-corrected chi connectivity index (χ4v) is 3.03. The molecule has 2 saturated carbocycles. The lowest BCUT2D eigenvalue weighted by Crippen LogP contribution is -2.38. The van der Waals surface area contributed by atoms with Crippen LogP contribution in [0.1, 0.15) is 32.6 Å². The molecule has 0 aromatic carbocycles. The summed E-state index contributed by atoms with van der Waals surface area (Å²) in [5, 5.41) is 0. The van der Waals surface area contributed by atoms with Crippen molar-refractivity contribution >= 4 is 5.91 Å². The summed E-state index contributed by atoms with van der Waals surface area (Å²) in [6.07, 6.45) is 4.91. The average molecular weight is 153 g/mol. The van der Waals surface area contributed by atoms with Gasteiger partial charge in [0.1, 0.15) is 0 Å². The highest BCUT2D eigenvalue weighted by molar-refractivity contribution is 5.82. The quantitative estimate of drug-likeness (QED) is 0.606. The lowest BCUT2D eigenvalue weighted by Gasteiger charge is -2.25. The molecule has 2 bridgehead atoms. The zero-order chi connectivity index (χ0) is 8.06. The molecule has 2 heteroatoms. The molecule has 2 N–H and O–H groups in total. The smallest absolute Gasteiger partial charge is 0.223 e. The molecule has 2 fully saturated rings. The number of primary amides is 1. The first-order valence-electron chi connectivity index (χ1n) is 4.45. The van der Waals surface area contributed by atoms with E-state index >= 15 is 0 Å². The number of hydrogen-bond donors (Lipinski definition) is 1. The monoisotopic (exact) mass is 153 g/mol. The van der Waals surface area contributed by atoms with E-state index < -0.39 is 0 Å². The molecular weight excluding hydrogens is 138 g/mol. The van der Waals surface area contributed by atoms with E-state index in [0.29, 0.717) is 11.8 Å². The second-order valence-electron chi connectivity index (χ2n) is 4.20. The van der Waals surface area contributed by atoms with Crippen LogP contribution in [-0.4, -0.2) is 5.91 Å². The predicted molar refractivity (Wildman–Crippen MR) is 42.7 cm³/mol. The van der Waals surface area contributed by atoms with Crippen LogP contribution in [0, 0.1) is 17.3 Å². The zero-order valence-corrected chi connectivity index (χ0v) is 6.97. The first kappa shape index (κ1) is 7.14. The van der Waals surface area contributed by atoms with E-state index in [-0.39, 0.29) is 11.3 Å². The number of amides is 1. The Kier molecular flexibility index (Phi) is 1.29. The lowest BCUT2D eigenvalue weighted by atomic mass is 9.79. The van der Waals surface area contributed by atoms with Crippen LogP contribution < -0.4 is 5.73 Å². The number of carbonyl (C=O) groups excluding carboxylic acids is 1. The first-order chi connectivity index (χ1) is 5.15. The molecule has 0 radical (unpaired) electrons. The Morgan fingerprint density at radius 1 is 1.27 bits per heavy atom. The van der Waals surface area contributed by atoms with Gasteiger partial charge in [-0.15, -0.1) is 0 Å². The molecule has 0 atom stereocenters. The highest BCUT2D eigenvalue weighted by Gasteiger charge is 2.54. The first-order valence-corrected chi connectivity index (χ1v) is 4.45. The summed E-state index contributed by atoms with van der Waals surface area (Å²) in [5.41, 5.74) is 5.28. The van der Waals surface area contributed by atoms with Gasteiger partial charge in [0.25, 0.3) is 0 Å². The summed E-state index contributed by atoms with van der Waals surface area (Å²) >= 11 is 0. The van der Waals surface area contributed by atoms with Crippen molar-refractivity contribution in [2.24, 2.45) is 23.0 Å². The van der Waals surface area contributed by atoms with Crippen LogP contribution in [0.5, 0.6) is 0 Å². The molecule has 1 amide bonds. The third kappa shape index (κ3) is 0.700. The second kappa shape index (κ2) is 1.99. The van der Waals surface area contributed by atoms with E-state index in [1.165, 1.54) is 25.7 Å². The third-order valence-corrected chi connectivity index (χ3v) is 3.95. The van der Waals surface area contributed by atoms with E-state index in [0.717, 1.165) is 0 Å². The van der Waals surface area contributed by atoms with Gasteiger partial charge in [0.2, 0.25) is 5.91 Å². The number of carbonyl (C=O) groups is 1. The Bertz CT molecular complexity index is 180. The number of hydrogen-bond acceptors (Lipinski definition) is 1. The van der Waals surface area contributed by atoms with Crippen molar-refractivity contribution in [3.8, 4) is 0 Å². The molecule has 2 nitrogen and oxygen atoms in total. The number of fused-ring (bicyclic) bond motifs is 2. The van der Waals surface area contributed by atoms with Gasteiger partial charge < -0.3 is 5.73 Å². The minimum absolute atomic E-state index is 0.0671. The van der Waals surface area contributed by atoms with Gasteiger partial charge in [-0.2, -0.15) is 0 Å². The normalized spacial score (nSPS) is 48.1. The van der Waals surface area contributed by atoms with Crippen LogP contribution in [0.15, 0.2) is 0 Å². The fraction of sp³-hybridized carbons (Fsp3) is 0.889. The average Bonchev–Trinajstić information content (AvgIpc) is 2.46. The maximum absolute atomic E-state index is 11.2. The Hall–Kier alpha value is -0.530. The largest absolute Gasteiger partial charge is 0.369 e. The minimum Gasteiger partial charge on any atom is -0.369 e. The van der Waals surface area contributed by atoms with Crippen molar-refractivity contribution in [3.63, 3.8) is 0 Å². The zero-order valence-electron chi connectivity index (χ0n) is 6.97. The summed E-state index contributed by atoms with van der Waals surface area (Å²) in [7, 11) is 0. The number of rotatable bonds is 1. The highest BCUT2D eigenvalue weighted by atomic mass is 16.1. The van der Waals surface area contributed by atoms with E-state index in [9.17, 15) is 4.79 Å². The molecule has 62 valence electrons. The van der Waals surface area contributed by atoms with Crippen LogP contribution >= 0.6 is 0 Å². The van der Waals surface area contributed by atoms with Gasteiger partial charge in [0.05, 0.1) is 5.41 Å². The fourth-order valence-electron chi connectivity index (χ4n) is 3.03. The van der Waals surface area contributed by atoms with E-state index in [1.807, 2.05) is 0 Å². The minimum atomic E-state index is -0.139. The topological polar surface area (TPSA) is 43.1 Å². The molecular formula is C9H15NO. The van der Waals surface area contributed by atoms with Gasteiger partial charge in [-0.1, -0.05) is 6.92 Å². The van der Waals surface area contributed by atoms with Gasteiger partial charge in [-0.3, -0.25) is 4.79 Å². The van der Waals surface area contributed by atoms with Crippen molar-refractivity contribution in [2.75, 3.05) is 0 Å². The lowest BCUT2D eigenvalue weighted by molar-refractivity contribution is -0.129. The summed E-state index contributed by atoms with van der Waals surface area (Å²) in [6.45, 7) is 2.06. The summed E-state index contributed by atoms with van der Waals surface area (Å²) < 4.78 is 0. The molecule has 2 rings (SSSR count). The van der Waals surface area contributed by atoms with Crippen molar-refractivity contribution < 1.29 is 4.79 Å². The molecule has 0 aromatic rings. The summed E-state index contributed by atoms with van der Waals surface area (Å²) in [6, 6.07) is 0. The number of nitrogens with two attached hydrogens (primary N) is 1. The molecule has 0 aromatic heterocycles. The van der Waals surface area contributed by atoms with Gasteiger partial charge >= 0.3 is 0 Å². The molecule has 2 aliphatic rings. The van der Waals surface area contributed by atoms with Crippen molar-refractivity contribution in [2.45, 2.75) is 32.6 Å². The van der Waals surface area contributed by atoms with Gasteiger partial charge in [0, 0.05) is 0 Å². The van der Waals surface area contributed by atoms with Crippen LogP contribution in [0.3, 0.4) is 0 Å². The van der Waals surface area contributed by atoms with Gasteiger partial charge in [0.15, 0.2) is 0 Å². The molecule has 0 aliphatic heterocycles. The van der Waals surface area contributed by atoms with Crippen LogP contribution in [0.2, 0.25) is 0 Å². The predicted octanol–water partition coefficient (Wildman–Crippen LogP) is 1.30. The van der Waals surface area contributed by atoms with Crippen LogP contribution in [-0.2, 0) is 4.79 Å².